The topological polar surface area (TPSA) is 62.1 Å². The van der Waals surface area contributed by atoms with Crippen LogP contribution < -0.4 is 5.32 Å². The van der Waals surface area contributed by atoms with Crippen LogP contribution in [0.4, 0.5) is 0 Å². The van der Waals surface area contributed by atoms with Crippen LogP contribution in [0.3, 0.4) is 0 Å². The zero-order valence-corrected chi connectivity index (χ0v) is 11.1. The van der Waals surface area contributed by atoms with Crippen molar-refractivity contribution in [2.75, 3.05) is 19.8 Å². The van der Waals surface area contributed by atoms with Gasteiger partial charge in [-0.25, -0.2) is 0 Å². The molecule has 0 aromatic carbocycles. The van der Waals surface area contributed by atoms with Gasteiger partial charge in [0.15, 0.2) is 0 Å². The average Bonchev–Trinajstić information content (AvgIpc) is 2.82. The van der Waals surface area contributed by atoms with Crippen LogP contribution in [0.1, 0.15) is 39.0 Å². The smallest absolute Gasteiger partial charge is 0.240 e. The molecule has 2 rings (SSSR count). The fourth-order valence-corrected chi connectivity index (χ4v) is 3.03. The minimum absolute atomic E-state index is 0.0904. The average molecular weight is 250 g/mol. The van der Waals surface area contributed by atoms with E-state index in [1.807, 2.05) is 0 Å². The Morgan fingerprint density at radius 2 is 2.17 bits per heavy atom. The van der Waals surface area contributed by atoms with Gasteiger partial charge in [-0.05, 0) is 31.1 Å². The van der Waals surface area contributed by atoms with Gasteiger partial charge in [-0.3, -0.25) is 4.79 Å². The minimum Gasteiger partial charge on any atom is -0.381 e. The summed E-state index contributed by atoms with van der Waals surface area (Å²) < 4.78 is 5.24. The highest BCUT2D eigenvalue weighted by atomic mass is 16.5. The molecule has 0 bridgehead atoms. The summed E-state index contributed by atoms with van der Waals surface area (Å²) in [4.78, 5) is 12.2. The Bertz CT molecular complexity index is 342. The summed E-state index contributed by atoms with van der Waals surface area (Å²) in [5.41, 5.74) is -0.847. The van der Waals surface area contributed by atoms with Crippen molar-refractivity contribution in [1.82, 2.24) is 5.32 Å². The van der Waals surface area contributed by atoms with Gasteiger partial charge in [-0.1, -0.05) is 19.8 Å². The monoisotopic (exact) mass is 250 g/mol. The minimum atomic E-state index is -0.847. The lowest BCUT2D eigenvalue weighted by Gasteiger charge is -2.30. The van der Waals surface area contributed by atoms with Gasteiger partial charge in [-0.15, -0.1) is 0 Å². The SMILES string of the molecule is CC1CCCC1CNC(=O)C1(C#N)CCOCC1. The van der Waals surface area contributed by atoms with Gasteiger partial charge in [0.25, 0.3) is 0 Å². The lowest BCUT2D eigenvalue weighted by Crippen LogP contribution is -2.45. The second-order valence-electron chi connectivity index (χ2n) is 5.68. The summed E-state index contributed by atoms with van der Waals surface area (Å²) in [5, 5.41) is 12.3. The molecule has 1 N–H and O–H groups in total. The van der Waals surface area contributed by atoms with Crippen LogP contribution in [0.2, 0.25) is 0 Å². The first-order valence-corrected chi connectivity index (χ1v) is 6.95. The molecule has 2 aliphatic rings. The zero-order valence-electron chi connectivity index (χ0n) is 11.1. The number of hydrogen-bond donors (Lipinski definition) is 1. The van der Waals surface area contributed by atoms with Crippen LogP contribution in [-0.4, -0.2) is 25.7 Å². The Morgan fingerprint density at radius 1 is 1.44 bits per heavy atom. The maximum atomic E-state index is 12.2. The highest BCUT2D eigenvalue weighted by Gasteiger charge is 2.40. The number of nitrogens with one attached hydrogen (secondary N) is 1. The summed E-state index contributed by atoms with van der Waals surface area (Å²) >= 11 is 0. The number of nitriles is 1. The van der Waals surface area contributed by atoms with E-state index in [9.17, 15) is 10.1 Å². The fraction of sp³-hybridized carbons (Fsp3) is 0.857. The van der Waals surface area contributed by atoms with Crippen LogP contribution >= 0.6 is 0 Å². The van der Waals surface area contributed by atoms with Crippen molar-refractivity contribution in [2.24, 2.45) is 17.3 Å². The molecule has 1 saturated carbocycles. The van der Waals surface area contributed by atoms with E-state index in [-0.39, 0.29) is 5.91 Å². The van der Waals surface area contributed by atoms with Crippen LogP contribution in [0.15, 0.2) is 0 Å². The number of nitrogens with zero attached hydrogens (tertiary/aromatic N) is 1. The Kier molecular flexibility index (Phi) is 4.23. The van der Waals surface area contributed by atoms with Gasteiger partial charge >= 0.3 is 0 Å². The van der Waals surface area contributed by atoms with Gasteiger partial charge in [0, 0.05) is 19.8 Å². The highest BCUT2D eigenvalue weighted by molar-refractivity contribution is 5.85. The van der Waals surface area contributed by atoms with E-state index in [2.05, 4.69) is 18.3 Å². The Hall–Kier alpha value is -1.08. The van der Waals surface area contributed by atoms with Crippen molar-refractivity contribution in [3.63, 3.8) is 0 Å². The van der Waals surface area contributed by atoms with E-state index in [4.69, 9.17) is 4.74 Å². The number of carbonyl (C=O) groups is 1. The molecule has 4 heteroatoms. The largest absolute Gasteiger partial charge is 0.381 e. The molecule has 1 heterocycles. The second-order valence-corrected chi connectivity index (χ2v) is 5.68. The first kappa shape index (κ1) is 13.4. The van der Waals surface area contributed by atoms with E-state index in [1.54, 1.807) is 0 Å². The quantitative estimate of drug-likeness (QED) is 0.831. The molecular formula is C14H22N2O2. The predicted molar refractivity (Wildman–Crippen MR) is 67.6 cm³/mol. The summed E-state index contributed by atoms with van der Waals surface area (Å²) in [6, 6.07) is 2.21. The molecule has 4 nitrogen and oxygen atoms in total. The third kappa shape index (κ3) is 2.67. The van der Waals surface area contributed by atoms with Crippen LogP contribution in [0, 0.1) is 28.6 Å². The normalized spacial score (nSPS) is 30.7. The Labute approximate surface area is 109 Å². The first-order chi connectivity index (χ1) is 8.68. The lowest BCUT2D eigenvalue weighted by molar-refractivity contribution is -0.132. The number of ether oxygens (including phenoxy) is 1. The van der Waals surface area contributed by atoms with Gasteiger partial charge in [-0.2, -0.15) is 5.26 Å². The van der Waals surface area contributed by atoms with E-state index >= 15 is 0 Å². The molecule has 0 spiro atoms. The maximum Gasteiger partial charge on any atom is 0.240 e. The van der Waals surface area contributed by atoms with E-state index in [1.165, 1.54) is 19.3 Å². The van der Waals surface area contributed by atoms with Gasteiger partial charge < -0.3 is 10.1 Å². The predicted octanol–water partition coefficient (Wildman–Crippen LogP) is 1.86. The molecule has 18 heavy (non-hydrogen) atoms. The van der Waals surface area contributed by atoms with Crippen LogP contribution in [0.5, 0.6) is 0 Å². The summed E-state index contributed by atoms with van der Waals surface area (Å²) in [7, 11) is 0. The van der Waals surface area contributed by atoms with Gasteiger partial charge in [0.05, 0.1) is 6.07 Å². The third-order valence-electron chi connectivity index (χ3n) is 4.56. The van der Waals surface area contributed by atoms with Gasteiger partial charge in [0.1, 0.15) is 5.41 Å². The van der Waals surface area contributed by atoms with Crippen molar-refractivity contribution >= 4 is 5.91 Å². The van der Waals surface area contributed by atoms with Crippen LogP contribution in [0.25, 0.3) is 0 Å². The van der Waals surface area contributed by atoms with Crippen molar-refractivity contribution in [3.8, 4) is 6.07 Å². The summed E-state index contributed by atoms with van der Waals surface area (Å²) in [5.74, 6) is 1.19. The molecule has 100 valence electrons. The van der Waals surface area contributed by atoms with Crippen molar-refractivity contribution in [2.45, 2.75) is 39.0 Å². The highest BCUT2D eigenvalue weighted by Crippen LogP contribution is 2.32. The Balaban J connectivity index is 1.88. The zero-order chi connectivity index (χ0) is 13.0. The number of amides is 1. The number of hydrogen-bond acceptors (Lipinski definition) is 3. The van der Waals surface area contributed by atoms with Gasteiger partial charge in [0.2, 0.25) is 5.91 Å². The molecule has 2 fully saturated rings. The Morgan fingerprint density at radius 3 is 2.72 bits per heavy atom. The maximum absolute atomic E-state index is 12.2. The van der Waals surface area contributed by atoms with Crippen molar-refractivity contribution in [1.29, 1.82) is 5.26 Å². The summed E-state index contributed by atoms with van der Waals surface area (Å²) in [6.45, 7) is 4.00. The molecule has 2 unspecified atom stereocenters. The molecule has 0 radical (unpaired) electrons. The molecule has 0 aromatic heterocycles. The third-order valence-corrected chi connectivity index (χ3v) is 4.56. The van der Waals surface area contributed by atoms with E-state index in [0.29, 0.717) is 37.9 Å². The summed E-state index contributed by atoms with van der Waals surface area (Å²) in [6.07, 6.45) is 4.77. The first-order valence-electron chi connectivity index (χ1n) is 6.95. The van der Waals surface area contributed by atoms with Crippen molar-refractivity contribution < 1.29 is 9.53 Å². The van der Waals surface area contributed by atoms with Crippen molar-refractivity contribution in [3.05, 3.63) is 0 Å². The fourth-order valence-electron chi connectivity index (χ4n) is 3.03. The molecule has 2 atom stereocenters. The van der Waals surface area contributed by atoms with E-state index in [0.717, 1.165) is 6.54 Å². The van der Waals surface area contributed by atoms with Crippen LogP contribution in [-0.2, 0) is 9.53 Å². The molecule has 0 aromatic rings. The molecular weight excluding hydrogens is 228 g/mol. The molecule has 1 saturated heterocycles. The second kappa shape index (κ2) is 5.71. The molecule has 1 amide bonds. The molecule has 1 aliphatic heterocycles. The number of carbonyl (C=O) groups excluding carboxylic acids is 1. The van der Waals surface area contributed by atoms with E-state index < -0.39 is 5.41 Å². The molecule has 1 aliphatic carbocycles. The number of rotatable bonds is 3. The standard InChI is InChI=1S/C14H22N2O2/c1-11-3-2-4-12(11)9-16-13(17)14(10-15)5-7-18-8-6-14/h11-12H,2-9H2,1H3,(H,16,17). The lowest BCUT2D eigenvalue weighted by atomic mass is 9.80.